The molecular formula is C21H15Cl2N3O2. The number of rotatable bonds is 6. The summed E-state index contributed by atoms with van der Waals surface area (Å²) in [5, 5.41) is 12.3. The molecule has 0 saturated carbocycles. The van der Waals surface area contributed by atoms with Crippen molar-refractivity contribution in [3.63, 3.8) is 0 Å². The first kappa shape index (κ1) is 19.7. The molecule has 1 amide bonds. The molecule has 1 N–H and O–H groups in total. The normalized spacial score (nSPS) is 10.2. The SMILES string of the molecule is N#Cc1ccc(CCC(=O)Nc2ccccc2Oc2ncc(Cl)cc2Cl)cc1. The molecule has 3 rings (SSSR count). The Balaban J connectivity index is 1.65. The van der Waals surface area contributed by atoms with Gasteiger partial charge >= 0.3 is 0 Å². The molecule has 0 fully saturated rings. The van der Waals surface area contributed by atoms with Gasteiger partial charge in [-0.1, -0.05) is 47.5 Å². The molecule has 28 heavy (non-hydrogen) atoms. The summed E-state index contributed by atoms with van der Waals surface area (Å²) < 4.78 is 5.74. The number of nitrogens with one attached hydrogen (secondary N) is 1. The van der Waals surface area contributed by atoms with Crippen LogP contribution in [0.3, 0.4) is 0 Å². The van der Waals surface area contributed by atoms with Gasteiger partial charge in [0.1, 0.15) is 5.02 Å². The maximum Gasteiger partial charge on any atom is 0.238 e. The molecule has 0 aliphatic rings. The molecule has 2 aromatic carbocycles. The number of nitrogens with zero attached hydrogens (tertiary/aromatic N) is 2. The van der Waals surface area contributed by atoms with Gasteiger partial charge in [-0.3, -0.25) is 4.79 Å². The molecule has 0 spiro atoms. The number of amides is 1. The van der Waals surface area contributed by atoms with E-state index in [0.717, 1.165) is 5.56 Å². The van der Waals surface area contributed by atoms with E-state index >= 15 is 0 Å². The fourth-order valence-electron chi connectivity index (χ4n) is 2.46. The Bertz CT molecular complexity index is 1030. The number of halogens is 2. The van der Waals surface area contributed by atoms with Gasteiger partial charge in [0.25, 0.3) is 0 Å². The van der Waals surface area contributed by atoms with Crippen molar-refractivity contribution in [3.8, 4) is 17.7 Å². The Labute approximate surface area is 172 Å². The topological polar surface area (TPSA) is 75.0 Å². The molecule has 140 valence electrons. The number of para-hydroxylation sites is 2. The van der Waals surface area contributed by atoms with Crippen molar-refractivity contribution < 1.29 is 9.53 Å². The standard InChI is InChI=1S/C21H15Cl2N3O2/c22-16-11-17(23)21(25-13-16)28-19-4-2-1-3-18(19)26-20(27)10-9-14-5-7-15(12-24)8-6-14/h1-8,11,13H,9-10H2,(H,26,27). The fraction of sp³-hybridized carbons (Fsp3) is 0.0952. The van der Waals surface area contributed by atoms with Crippen LogP contribution in [-0.4, -0.2) is 10.9 Å². The molecule has 5 nitrogen and oxygen atoms in total. The summed E-state index contributed by atoms with van der Waals surface area (Å²) in [7, 11) is 0. The first-order valence-electron chi connectivity index (χ1n) is 8.42. The van der Waals surface area contributed by atoms with Crippen LogP contribution in [0.25, 0.3) is 0 Å². The van der Waals surface area contributed by atoms with Crippen LogP contribution in [0, 0.1) is 11.3 Å². The van der Waals surface area contributed by atoms with Crippen molar-refractivity contribution in [2.45, 2.75) is 12.8 Å². The van der Waals surface area contributed by atoms with E-state index in [-0.39, 0.29) is 16.8 Å². The quantitative estimate of drug-likeness (QED) is 0.570. The van der Waals surface area contributed by atoms with E-state index in [1.165, 1.54) is 12.3 Å². The molecule has 3 aromatic rings. The van der Waals surface area contributed by atoms with Gasteiger partial charge in [-0.15, -0.1) is 0 Å². The Morgan fingerprint density at radius 1 is 1.14 bits per heavy atom. The number of anilines is 1. The highest BCUT2D eigenvalue weighted by molar-refractivity contribution is 6.35. The summed E-state index contributed by atoms with van der Waals surface area (Å²) in [4.78, 5) is 16.4. The highest BCUT2D eigenvalue weighted by Gasteiger charge is 2.11. The van der Waals surface area contributed by atoms with Crippen molar-refractivity contribution in [2.24, 2.45) is 0 Å². The number of hydrogen-bond acceptors (Lipinski definition) is 4. The van der Waals surface area contributed by atoms with Crippen LogP contribution in [0.1, 0.15) is 17.5 Å². The summed E-state index contributed by atoms with van der Waals surface area (Å²) in [5.41, 5.74) is 2.09. The number of benzene rings is 2. The van der Waals surface area contributed by atoms with Gasteiger partial charge in [0.15, 0.2) is 5.75 Å². The van der Waals surface area contributed by atoms with Crippen LogP contribution in [0.4, 0.5) is 5.69 Å². The lowest BCUT2D eigenvalue weighted by Gasteiger charge is -2.12. The zero-order chi connectivity index (χ0) is 19.9. The van der Waals surface area contributed by atoms with Gasteiger partial charge in [-0.05, 0) is 42.3 Å². The van der Waals surface area contributed by atoms with Crippen molar-refractivity contribution in [2.75, 3.05) is 5.32 Å². The highest BCUT2D eigenvalue weighted by atomic mass is 35.5. The smallest absolute Gasteiger partial charge is 0.238 e. The third-order valence-corrected chi connectivity index (χ3v) is 4.34. The van der Waals surface area contributed by atoms with Crippen LogP contribution in [0.15, 0.2) is 60.8 Å². The summed E-state index contributed by atoms with van der Waals surface area (Å²) in [6.45, 7) is 0. The molecule has 1 heterocycles. The van der Waals surface area contributed by atoms with Gasteiger partial charge in [-0.2, -0.15) is 5.26 Å². The second-order valence-corrected chi connectivity index (χ2v) is 6.74. The minimum Gasteiger partial charge on any atom is -0.435 e. The minimum atomic E-state index is -0.157. The maximum atomic E-state index is 12.3. The van der Waals surface area contributed by atoms with Gasteiger partial charge in [0, 0.05) is 12.6 Å². The molecule has 0 saturated heterocycles. The number of aryl methyl sites for hydroxylation is 1. The van der Waals surface area contributed by atoms with Crippen molar-refractivity contribution in [1.29, 1.82) is 5.26 Å². The number of ether oxygens (including phenoxy) is 1. The van der Waals surface area contributed by atoms with E-state index in [1.807, 2.05) is 12.1 Å². The number of nitriles is 1. The van der Waals surface area contributed by atoms with E-state index in [2.05, 4.69) is 16.4 Å². The minimum absolute atomic E-state index is 0.157. The number of carbonyl (C=O) groups excluding carboxylic acids is 1. The van der Waals surface area contributed by atoms with E-state index < -0.39 is 0 Å². The monoisotopic (exact) mass is 411 g/mol. The van der Waals surface area contributed by atoms with Gasteiger partial charge in [0.2, 0.25) is 11.8 Å². The van der Waals surface area contributed by atoms with Crippen LogP contribution in [-0.2, 0) is 11.2 Å². The molecule has 7 heteroatoms. The lowest BCUT2D eigenvalue weighted by molar-refractivity contribution is -0.116. The third-order valence-electron chi connectivity index (χ3n) is 3.87. The molecule has 0 aliphatic carbocycles. The molecule has 0 aliphatic heterocycles. The summed E-state index contributed by atoms with van der Waals surface area (Å²) in [5.74, 6) is 0.465. The van der Waals surface area contributed by atoms with Crippen LogP contribution >= 0.6 is 23.2 Å². The number of carbonyl (C=O) groups is 1. The lowest BCUT2D eigenvalue weighted by atomic mass is 10.1. The van der Waals surface area contributed by atoms with Crippen LogP contribution in [0.5, 0.6) is 11.6 Å². The molecule has 1 aromatic heterocycles. The zero-order valence-electron chi connectivity index (χ0n) is 14.7. The number of hydrogen-bond donors (Lipinski definition) is 1. The Morgan fingerprint density at radius 3 is 2.61 bits per heavy atom. The van der Waals surface area contributed by atoms with Crippen LogP contribution in [0.2, 0.25) is 10.0 Å². The lowest BCUT2D eigenvalue weighted by Crippen LogP contribution is -2.13. The second kappa shape index (κ2) is 9.23. The molecular weight excluding hydrogens is 397 g/mol. The summed E-state index contributed by atoms with van der Waals surface area (Å²) >= 11 is 11.9. The predicted molar refractivity (Wildman–Crippen MR) is 109 cm³/mol. The van der Waals surface area contributed by atoms with Crippen molar-refractivity contribution in [1.82, 2.24) is 4.98 Å². The van der Waals surface area contributed by atoms with Crippen molar-refractivity contribution in [3.05, 3.63) is 82.0 Å². The Hall–Kier alpha value is -3.07. The van der Waals surface area contributed by atoms with Gasteiger partial charge in [0.05, 0.1) is 22.3 Å². The first-order valence-corrected chi connectivity index (χ1v) is 9.17. The Kier molecular flexibility index (Phi) is 6.49. The zero-order valence-corrected chi connectivity index (χ0v) is 16.2. The summed E-state index contributed by atoms with van der Waals surface area (Å²) in [6.07, 6.45) is 2.28. The second-order valence-electron chi connectivity index (χ2n) is 5.90. The van der Waals surface area contributed by atoms with Gasteiger partial charge in [-0.25, -0.2) is 4.98 Å². The highest BCUT2D eigenvalue weighted by Crippen LogP contribution is 2.33. The number of pyridine rings is 1. The van der Waals surface area contributed by atoms with Gasteiger partial charge < -0.3 is 10.1 Å². The predicted octanol–water partition coefficient (Wildman–Crippen LogP) is 5.62. The average Bonchev–Trinajstić information content (AvgIpc) is 2.70. The van der Waals surface area contributed by atoms with Crippen molar-refractivity contribution >= 4 is 34.8 Å². The third kappa shape index (κ3) is 5.23. The number of aromatic nitrogens is 1. The fourth-order valence-corrected chi connectivity index (χ4v) is 2.88. The first-order chi connectivity index (χ1) is 13.5. The van der Waals surface area contributed by atoms with Crippen LogP contribution < -0.4 is 10.1 Å². The average molecular weight is 412 g/mol. The maximum absolute atomic E-state index is 12.3. The molecule has 0 unspecified atom stereocenters. The summed E-state index contributed by atoms with van der Waals surface area (Å²) in [6, 6.07) is 17.8. The molecule has 0 bridgehead atoms. The van der Waals surface area contributed by atoms with E-state index in [1.54, 1.807) is 36.4 Å². The largest absolute Gasteiger partial charge is 0.435 e. The Morgan fingerprint density at radius 2 is 1.89 bits per heavy atom. The van der Waals surface area contributed by atoms with E-state index in [9.17, 15) is 4.79 Å². The van der Waals surface area contributed by atoms with E-state index in [4.69, 9.17) is 33.2 Å². The molecule has 0 atom stereocenters. The molecule has 0 radical (unpaired) electrons. The van der Waals surface area contributed by atoms with E-state index in [0.29, 0.717) is 34.9 Å².